The topological polar surface area (TPSA) is 21.3 Å². The van der Waals surface area contributed by atoms with Gasteiger partial charge in [-0.1, -0.05) is 59.8 Å². The molecule has 0 bridgehead atoms. The Bertz CT molecular complexity index is 163. The first-order valence-electron chi connectivity index (χ1n) is 7.27. The van der Waals surface area contributed by atoms with E-state index in [1.807, 2.05) is 7.05 Å². The molecule has 0 aromatic heterocycles. The van der Waals surface area contributed by atoms with Gasteiger partial charge in [-0.3, -0.25) is 0 Å². The van der Waals surface area contributed by atoms with E-state index in [9.17, 15) is 0 Å². The molecule has 0 aliphatic rings. The first-order chi connectivity index (χ1) is 8.02. The number of ether oxygens (including phenoxy) is 1. The average molecular weight is 243 g/mol. The van der Waals surface area contributed by atoms with Gasteiger partial charge in [-0.05, 0) is 18.9 Å². The third-order valence-corrected chi connectivity index (χ3v) is 3.32. The van der Waals surface area contributed by atoms with E-state index in [1.165, 1.54) is 38.5 Å². The summed E-state index contributed by atoms with van der Waals surface area (Å²) in [5, 5.41) is 3.34. The van der Waals surface area contributed by atoms with Gasteiger partial charge in [0.2, 0.25) is 0 Å². The van der Waals surface area contributed by atoms with Crippen molar-refractivity contribution in [1.82, 2.24) is 5.32 Å². The van der Waals surface area contributed by atoms with Crippen LogP contribution >= 0.6 is 0 Å². The molecule has 17 heavy (non-hydrogen) atoms. The van der Waals surface area contributed by atoms with Crippen molar-refractivity contribution in [3.8, 4) is 0 Å². The monoisotopic (exact) mass is 243 g/mol. The molecule has 0 rings (SSSR count). The summed E-state index contributed by atoms with van der Waals surface area (Å²) in [4.78, 5) is 0. The van der Waals surface area contributed by atoms with E-state index in [0.717, 1.165) is 13.2 Å². The molecule has 2 nitrogen and oxygen atoms in total. The lowest BCUT2D eigenvalue weighted by Gasteiger charge is -2.30. The van der Waals surface area contributed by atoms with Gasteiger partial charge in [-0.15, -0.1) is 0 Å². The standard InChI is InChI=1S/C15H33NO/c1-6-7-8-9-10-11-12-17-13-14(16-5)15(2,3)4/h14,16H,6-13H2,1-5H3. The Kier molecular flexibility index (Phi) is 9.85. The third kappa shape index (κ3) is 9.61. The van der Waals surface area contributed by atoms with E-state index >= 15 is 0 Å². The van der Waals surface area contributed by atoms with Crippen LogP contribution in [-0.2, 0) is 4.74 Å². The van der Waals surface area contributed by atoms with Crippen molar-refractivity contribution >= 4 is 0 Å². The quantitative estimate of drug-likeness (QED) is 0.586. The molecule has 0 spiro atoms. The fourth-order valence-electron chi connectivity index (χ4n) is 1.95. The van der Waals surface area contributed by atoms with Crippen molar-refractivity contribution in [3.05, 3.63) is 0 Å². The molecule has 0 saturated heterocycles. The van der Waals surface area contributed by atoms with Crippen LogP contribution in [0.1, 0.15) is 66.2 Å². The summed E-state index contributed by atoms with van der Waals surface area (Å²) in [6, 6.07) is 0.447. The normalized spacial score (nSPS) is 13.9. The number of rotatable bonds is 10. The molecule has 104 valence electrons. The van der Waals surface area contributed by atoms with E-state index in [4.69, 9.17) is 4.74 Å². The van der Waals surface area contributed by atoms with Gasteiger partial charge in [0.15, 0.2) is 0 Å². The minimum absolute atomic E-state index is 0.274. The predicted octanol–water partition coefficient (Wildman–Crippen LogP) is 4.00. The highest BCUT2D eigenvalue weighted by atomic mass is 16.5. The van der Waals surface area contributed by atoms with Gasteiger partial charge in [0.25, 0.3) is 0 Å². The average Bonchev–Trinajstić information content (AvgIpc) is 2.25. The van der Waals surface area contributed by atoms with Crippen LogP contribution in [0.15, 0.2) is 0 Å². The van der Waals surface area contributed by atoms with Crippen LogP contribution in [-0.4, -0.2) is 26.3 Å². The second-order valence-corrected chi connectivity index (χ2v) is 6.05. The molecule has 0 amide bonds. The molecule has 1 atom stereocenters. The fourth-order valence-corrected chi connectivity index (χ4v) is 1.95. The van der Waals surface area contributed by atoms with E-state index in [1.54, 1.807) is 0 Å². The number of hydrogen-bond acceptors (Lipinski definition) is 2. The molecular weight excluding hydrogens is 210 g/mol. The van der Waals surface area contributed by atoms with Crippen LogP contribution in [0.3, 0.4) is 0 Å². The van der Waals surface area contributed by atoms with Crippen molar-refractivity contribution in [2.75, 3.05) is 20.3 Å². The lowest BCUT2D eigenvalue weighted by Crippen LogP contribution is -2.41. The van der Waals surface area contributed by atoms with Crippen molar-refractivity contribution < 1.29 is 4.74 Å². The minimum Gasteiger partial charge on any atom is -0.380 e. The van der Waals surface area contributed by atoms with Crippen LogP contribution in [0.4, 0.5) is 0 Å². The highest BCUT2D eigenvalue weighted by Gasteiger charge is 2.22. The number of nitrogens with one attached hydrogen (secondary N) is 1. The SMILES string of the molecule is CCCCCCCCOCC(NC)C(C)(C)C. The molecule has 0 radical (unpaired) electrons. The molecule has 0 fully saturated rings. The Hall–Kier alpha value is -0.0800. The Morgan fingerprint density at radius 1 is 1.00 bits per heavy atom. The summed E-state index contributed by atoms with van der Waals surface area (Å²) >= 11 is 0. The number of hydrogen-bond donors (Lipinski definition) is 1. The Balaban J connectivity index is 3.38. The highest BCUT2D eigenvalue weighted by molar-refractivity contribution is 4.78. The summed E-state index contributed by atoms with van der Waals surface area (Å²) in [5.74, 6) is 0. The van der Waals surface area contributed by atoms with Crippen molar-refractivity contribution in [1.29, 1.82) is 0 Å². The van der Waals surface area contributed by atoms with Crippen molar-refractivity contribution in [3.63, 3.8) is 0 Å². The first-order valence-corrected chi connectivity index (χ1v) is 7.27. The number of unbranched alkanes of at least 4 members (excludes halogenated alkanes) is 5. The minimum atomic E-state index is 0.274. The molecule has 2 heteroatoms. The summed E-state index contributed by atoms with van der Waals surface area (Å²) < 4.78 is 5.76. The van der Waals surface area contributed by atoms with Crippen LogP contribution in [0, 0.1) is 5.41 Å². The lowest BCUT2D eigenvalue weighted by atomic mass is 9.87. The van der Waals surface area contributed by atoms with E-state index in [2.05, 4.69) is 33.0 Å². The largest absolute Gasteiger partial charge is 0.380 e. The molecule has 0 heterocycles. The molecule has 0 aliphatic heterocycles. The Morgan fingerprint density at radius 3 is 2.12 bits per heavy atom. The van der Waals surface area contributed by atoms with Gasteiger partial charge in [0.05, 0.1) is 6.61 Å². The van der Waals surface area contributed by atoms with Gasteiger partial charge in [-0.2, -0.15) is 0 Å². The molecule has 0 aliphatic carbocycles. The maximum Gasteiger partial charge on any atom is 0.0624 e. The summed E-state index contributed by atoms with van der Waals surface area (Å²) in [7, 11) is 2.02. The van der Waals surface area contributed by atoms with Gasteiger partial charge in [0, 0.05) is 12.6 Å². The fraction of sp³-hybridized carbons (Fsp3) is 1.00. The van der Waals surface area contributed by atoms with Crippen LogP contribution in [0.5, 0.6) is 0 Å². The molecule has 0 aromatic carbocycles. The summed E-state index contributed by atoms with van der Waals surface area (Å²) in [6.45, 7) is 10.8. The summed E-state index contributed by atoms with van der Waals surface area (Å²) in [6.07, 6.45) is 7.99. The van der Waals surface area contributed by atoms with Gasteiger partial charge in [0.1, 0.15) is 0 Å². The van der Waals surface area contributed by atoms with Crippen LogP contribution in [0.2, 0.25) is 0 Å². The van der Waals surface area contributed by atoms with Gasteiger partial charge < -0.3 is 10.1 Å². The lowest BCUT2D eigenvalue weighted by molar-refractivity contribution is 0.0761. The van der Waals surface area contributed by atoms with Gasteiger partial charge >= 0.3 is 0 Å². The predicted molar refractivity (Wildman–Crippen MR) is 76.5 cm³/mol. The zero-order chi connectivity index (χ0) is 13.1. The molecule has 0 saturated carbocycles. The van der Waals surface area contributed by atoms with Gasteiger partial charge in [-0.25, -0.2) is 0 Å². The number of likely N-dealkylation sites (N-methyl/N-ethyl adjacent to an activating group) is 1. The zero-order valence-electron chi connectivity index (χ0n) is 12.6. The molecule has 0 aromatic rings. The second kappa shape index (κ2) is 9.90. The zero-order valence-corrected chi connectivity index (χ0v) is 12.6. The van der Waals surface area contributed by atoms with Crippen LogP contribution < -0.4 is 5.32 Å². The smallest absolute Gasteiger partial charge is 0.0624 e. The summed E-state index contributed by atoms with van der Waals surface area (Å²) in [5.41, 5.74) is 0.274. The Morgan fingerprint density at radius 2 is 1.59 bits per heavy atom. The molecule has 1 unspecified atom stereocenters. The third-order valence-electron chi connectivity index (χ3n) is 3.32. The maximum absolute atomic E-state index is 5.76. The van der Waals surface area contributed by atoms with E-state index in [-0.39, 0.29) is 5.41 Å². The van der Waals surface area contributed by atoms with E-state index in [0.29, 0.717) is 6.04 Å². The second-order valence-electron chi connectivity index (χ2n) is 6.05. The first kappa shape index (κ1) is 16.9. The van der Waals surface area contributed by atoms with Crippen LogP contribution in [0.25, 0.3) is 0 Å². The van der Waals surface area contributed by atoms with Crippen molar-refractivity contribution in [2.24, 2.45) is 5.41 Å². The maximum atomic E-state index is 5.76. The molecular formula is C15H33NO. The highest BCUT2D eigenvalue weighted by Crippen LogP contribution is 2.19. The Labute approximate surface area is 109 Å². The van der Waals surface area contributed by atoms with E-state index < -0.39 is 0 Å². The van der Waals surface area contributed by atoms with Crippen molar-refractivity contribution in [2.45, 2.75) is 72.3 Å². The molecule has 1 N–H and O–H groups in total.